The van der Waals surface area contributed by atoms with Crippen LogP contribution < -0.4 is 5.32 Å². The lowest BCUT2D eigenvalue weighted by atomic mass is 10.1. The van der Waals surface area contributed by atoms with Gasteiger partial charge in [-0.2, -0.15) is 0 Å². The SMILES string of the molecule is O=C1NCCCC1N1C(=O)c2cccc(F)c2C1=O. The highest BCUT2D eigenvalue weighted by molar-refractivity contribution is 6.23. The minimum atomic E-state index is -0.833. The number of amides is 3. The van der Waals surface area contributed by atoms with E-state index < -0.39 is 23.7 Å². The van der Waals surface area contributed by atoms with E-state index in [2.05, 4.69) is 5.32 Å². The summed E-state index contributed by atoms with van der Waals surface area (Å²) in [5.74, 6) is -2.41. The standard InChI is InChI=1S/C13H11FN2O3/c14-8-4-1-3-7-10(8)13(19)16(12(7)18)9-5-2-6-15-11(9)17/h1,3-4,9H,2,5-6H2,(H,15,17). The van der Waals surface area contributed by atoms with Gasteiger partial charge in [0.25, 0.3) is 11.8 Å². The van der Waals surface area contributed by atoms with Crippen LogP contribution in [-0.2, 0) is 4.79 Å². The monoisotopic (exact) mass is 262 g/mol. The average molecular weight is 262 g/mol. The summed E-state index contributed by atoms with van der Waals surface area (Å²) in [5, 5.41) is 2.61. The molecule has 2 heterocycles. The molecule has 1 atom stereocenters. The second-order valence-corrected chi connectivity index (χ2v) is 4.59. The van der Waals surface area contributed by atoms with E-state index in [4.69, 9.17) is 0 Å². The number of imide groups is 1. The molecule has 19 heavy (non-hydrogen) atoms. The fraction of sp³-hybridized carbons (Fsp3) is 0.308. The van der Waals surface area contributed by atoms with E-state index in [1.54, 1.807) is 0 Å². The van der Waals surface area contributed by atoms with Crippen molar-refractivity contribution in [1.82, 2.24) is 10.2 Å². The number of rotatable bonds is 1. The maximum atomic E-state index is 13.7. The molecule has 1 fully saturated rings. The fourth-order valence-electron chi connectivity index (χ4n) is 2.55. The van der Waals surface area contributed by atoms with E-state index in [0.717, 1.165) is 11.0 Å². The van der Waals surface area contributed by atoms with E-state index in [1.165, 1.54) is 12.1 Å². The van der Waals surface area contributed by atoms with E-state index in [9.17, 15) is 18.8 Å². The predicted molar refractivity (Wildman–Crippen MR) is 62.9 cm³/mol. The summed E-state index contributed by atoms with van der Waals surface area (Å²) >= 11 is 0. The Morgan fingerprint density at radius 3 is 2.68 bits per heavy atom. The van der Waals surface area contributed by atoms with Gasteiger partial charge in [-0.3, -0.25) is 19.3 Å². The first-order valence-electron chi connectivity index (χ1n) is 6.05. The summed E-state index contributed by atoms with van der Waals surface area (Å²) in [7, 11) is 0. The lowest BCUT2D eigenvalue weighted by Gasteiger charge is -2.28. The topological polar surface area (TPSA) is 66.5 Å². The van der Waals surface area contributed by atoms with Gasteiger partial charge in [-0.15, -0.1) is 0 Å². The first-order valence-corrected chi connectivity index (χ1v) is 6.05. The van der Waals surface area contributed by atoms with E-state index in [-0.39, 0.29) is 17.0 Å². The Balaban J connectivity index is 2.03. The van der Waals surface area contributed by atoms with Gasteiger partial charge in [0.05, 0.1) is 11.1 Å². The van der Waals surface area contributed by atoms with Gasteiger partial charge in [0.15, 0.2) is 0 Å². The number of benzene rings is 1. The van der Waals surface area contributed by atoms with Crippen molar-refractivity contribution in [2.75, 3.05) is 6.54 Å². The summed E-state index contributed by atoms with van der Waals surface area (Å²) < 4.78 is 13.7. The van der Waals surface area contributed by atoms with Crippen LogP contribution >= 0.6 is 0 Å². The maximum absolute atomic E-state index is 13.7. The van der Waals surface area contributed by atoms with Gasteiger partial charge in [0, 0.05) is 6.54 Å². The molecule has 0 aliphatic carbocycles. The average Bonchev–Trinajstić information content (AvgIpc) is 2.64. The number of carbonyl (C=O) groups excluding carboxylic acids is 3. The minimum absolute atomic E-state index is 0.0309. The zero-order valence-electron chi connectivity index (χ0n) is 9.98. The summed E-state index contributed by atoms with van der Waals surface area (Å²) in [6, 6.07) is 3.08. The Morgan fingerprint density at radius 1 is 1.21 bits per heavy atom. The van der Waals surface area contributed by atoms with Crippen LogP contribution in [0.25, 0.3) is 0 Å². The van der Waals surface area contributed by atoms with Crippen LogP contribution in [-0.4, -0.2) is 35.2 Å². The number of piperidine rings is 1. The summed E-state index contributed by atoms with van der Waals surface area (Å²) in [5.41, 5.74) is -0.200. The Labute approximate surface area is 108 Å². The van der Waals surface area contributed by atoms with Gasteiger partial charge in [-0.25, -0.2) is 4.39 Å². The molecular formula is C13H11FN2O3. The number of hydrogen-bond acceptors (Lipinski definition) is 3. The molecule has 0 bridgehead atoms. The molecule has 1 unspecified atom stereocenters. The van der Waals surface area contributed by atoms with Crippen LogP contribution in [0.4, 0.5) is 4.39 Å². The molecule has 0 radical (unpaired) electrons. The number of hydrogen-bond donors (Lipinski definition) is 1. The molecule has 0 saturated carbocycles. The fourth-order valence-corrected chi connectivity index (χ4v) is 2.55. The second kappa shape index (κ2) is 4.15. The normalized spacial score (nSPS) is 22.5. The number of carbonyl (C=O) groups is 3. The Morgan fingerprint density at radius 2 is 2.00 bits per heavy atom. The molecule has 98 valence electrons. The quantitative estimate of drug-likeness (QED) is 0.758. The predicted octanol–water partition coefficient (Wildman–Crippen LogP) is 0.700. The van der Waals surface area contributed by atoms with Gasteiger partial charge in [-0.1, -0.05) is 6.07 Å². The minimum Gasteiger partial charge on any atom is -0.354 e. The van der Waals surface area contributed by atoms with Crippen molar-refractivity contribution in [3.8, 4) is 0 Å². The summed E-state index contributed by atoms with van der Waals surface area (Å²) in [6.45, 7) is 0.535. The summed E-state index contributed by atoms with van der Waals surface area (Å²) in [6.07, 6.45) is 1.10. The highest BCUT2D eigenvalue weighted by atomic mass is 19.1. The van der Waals surface area contributed by atoms with Crippen molar-refractivity contribution in [1.29, 1.82) is 0 Å². The van der Waals surface area contributed by atoms with Crippen LogP contribution in [0.15, 0.2) is 18.2 Å². The third-order valence-electron chi connectivity index (χ3n) is 3.46. The Hall–Kier alpha value is -2.24. The van der Waals surface area contributed by atoms with E-state index >= 15 is 0 Å². The molecule has 1 aromatic rings. The molecule has 5 nitrogen and oxygen atoms in total. The van der Waals surface area contributed by atoms with Crippen LogP contribution in [0, 0.1) is 5.82 Å². The molecule has 1 aromatic carbocycles. The molecular weight excluding hydrogens is 251 g/mol. The molecule has 2 aliphatic rings. The van der Waals surface area contributed by atoms with E-state index in [0.29, 0.717) is 19.4 Å². The summed E-state index contributed by atoms with van der Waals surface area (Å²) in [4.78, 5) is 37.0. The largest absolute Gasteiger partial charge is 0.354 e. The first kappa shape index (κ1) is 11.8. The highest BCUT2D eigenvalue weighted by Crippen LogP contribution is 2.28. The molecule has 0 spiro atoms. The Kier molecular flexibility index (Phi) is 2.58. The molecule has 1 N–H and O–H groups in total. The zero-order valence-corrected chi connectivity index (χ0v) is 9.98. The second-order valence-electron chi connectivity index (χ2n) is 4.59. The van der Waals surface area contributed by atoms with Crippen LogP contribution in [0.2, 0.25) is 0 Å². The number of nitrogens with zero attached hydrogens (tertiary/aromatic N) is 1. The van der Waals surface area contributed by atoms with Crippen molar-refractivity contribution in [3.05, 3.63) is 35.1 Å². The lowest BCUT2D eigenvalue weighted by Crippen LogP contribution is -2.52. The van der Waals surface area contributed by atoms with Crippen LogP contribution in [0.3, 0.4) is 0 Å². The number of fused-ring (bicyclic) bond motifs is 1. The molecule has 3 amide bonds. The molecule has 2 aliphatic heterocycles. The van der Waals surface area contributed by atoms with Crippen molar-refractivity contribution in [2.45, 2.75) is 18.9 Å². The van der Waals surface area contributed by atoms with E-state index in [1.807, 2.05) is 0 Å². The van der Waals surface area contributed by atoms with Gasteiger partial charge in [-0.05, 0) is 25.0 Å². The number of halogens is 1. The smallest absolute Gasteiger partial charge is 0.265 e. The third kappa shape index (κ3) is 1.63. The zero-order chi connectivity index (χ0) is 13.6. The molecule has 1 saturated heterocycles. The van der Waals surface area contributed by atoms with Crippen LogP contribution in [0.1, 0.15) is 33.6 Å². The lowest BCUT2D eigenvalue weighted by molar-refractivity contribution is -0.126. The van der Waals surface area contributed by atoms with Crippen LogP contribution in [0.5, 0.6) is 0 Å². The molecule has 3 rings (SSSR count). The molecule has 0 aromatic heterocycles. The van der Waals surface area contributed by atoms with Gasteiger partial charge in [0.1, 0.15) is 11.9 Å². The van der Waals surface area contributed by atoms with Gasteiger partial charge in [0.2, 0.25) is 5.91 Å². The van der Waals surface area contributed by atoms with Crippen molar-refractivity contribution in [2.24, 2.45) is 0 Å². The third-order valence-corrected chi connectivity index (χ3v) is 3.46. The van der Waals surface area contributed by atoms with Crippen molar-refractivity contribution < 1.29 is 18.8 Å². The van der Waals surface area contributed by atoms with Gasteiger partial charge >= 0.3 is 0 Å². The molecule has 6 heteroatoms. The van der Waals surface area contributed by atoms with Crippen molar-refractivity contribution >= 4 is 17.7 Å². The maximum Gasteiger partial charge on any atom is 0.265 e. The first-order chi connectivity index (χ1) is 9.11. The van der Waals surface area contributed by atoms with Crippen molar-refractivity contribution in [3.63, 3.8) is 0 Å². The highest BCUT2D eigenvalue weighted by Gasteiger charge is 2.44. The van der Waals surface area contributed by atoms with Gasteiger partial charge < -0.3 is 5.32 Å². The Bertz CT molecular complexity index is 600. The number of nitrogens with one attached hydrogen (secondary N) is 1.